The lowest BCUT2D eigenvalue weighted by Gasteiger charge is -2.36. The van der Waals surface area contributed by atoms with E-state index in [-0.39, 0.29) is 5.92 Å². The fourth-order valence-electron chi connectivity index (χ4n) is 3.82. The van der Waals surface area contributed by atoms with Crippen LogP contribution >= 0.6 is 0 Å². The van der Waals surface area contributed by atoms with Gasteiger partial charge in [-0.2, -0.15) is 5.10 Å². The van der Waals surface area contributed by atoms with Crippen LogP contribution in [0.2, 0.25) is 0 Å². The molecular weight excluding hydrogens is 302 g/mol. The zero-order valence-corrected chi connectivity index (χ0v) is 13.8. The van der Waals surface area contributed by atoms with E-state index in [4.69, 9.17) is 0 Å². The molecule has 1 amide bonds. The molecule has 4 rings (SSSR count). The summed E-state index contributed by atoms with van der Waals surface area (Å²) in [6.07, 6.45) is 5.31. The van der Waals surface area contributed by atoms with Crippen LogP contribution in [-0.4, -0.2) is 63.2 Å². The molecule has 0 radical (unpaired) electrons. The summed E-state index contributed by atoms with van der Waals surface area (Å²) in [6.45, 7) is 5.34. The first-order valence-electron chi connectivity index (χ1n) is 8.72. The van der Waals surface area contributed by atoms with Gasteiger partial charge in [-0.05, 0) is 24.0 Å². The Hall–Kier alpha value is -2.21. The molecule has 1 atom stereocenters. The topological polar surface area (TPSA) is 54.3 Å². The molecule has 6 nitrogen and oxygen atoms in total. The van der Waals surface area contributed by atoms with Crippen molar-refractivity contribution in [3.8, 4) is 0 Å². The third-order valence-corrected chi connectivity index (χ3v) is 5.23. The number of hydrogen-bond donors (Lipinski definition) is 0. The van der Waals surface area contributed by atoms with Gasteiger partial charge in [0.15, 0.2) is 0 Å². The highest BCUT2D eigenvalue weighted by Gasteiger charge is 2.32. The van der Waals surface area contributed by atoms with Gasteiger partial charge in [0.25, 0.3) is 0 Å². The van der Waals surface area contributed by atoms with Crippen LogP contribution in [0.1, 0.15) is 23.5 Å². The van der Waals surface area contributed by atoms with E-state index in [9.17, 15) is 4.79 Å². The lowest BCUT2D eigenvalue weighted by atomic mass is 9.99. The van der Waals surface area contributed by atoms with E-state index in [0.717, 1.165) is 52.1 Å². The molecule has 1 aliphatic carbocycles. The standard InChI is InChI=1S/C18H23N5O/c24-18(17-6-5-15-3-1-2-4-16(15)17)22-10-7-21(8-11-22)9-12-23-14-19-13-20-23/h1-4,13-14,17H,5-12H2/t17-/m0/s1. The van der Waals surface area contributed by atoms with Crippen LogP contribution in [0.15, 0.2) is 36.9 Å². The maximum Gasteiger partial charge on any atom is 0.230 e. The number of amides is 1. The second kappa shape index (κ2) is 6.73. The molecule has 2 aromatic rings. The molecule has 0 unspecified atom stereocenters. The van der Waals surface area contributed by atoms with Gasteiger partial charge >= 0.3 is 0 Å². The van der Waals surface area contributed by atoms with Crippen molar-refractivity contribution < 1.29 is 4.79 Å². The number of piperazine rings is 1. The Labute approximate surface area is 142 Å². The van der Waals surface area contributed by atoms with Crippen molar-refractivity contribution in [3.63, 3.8) is 0 Å². The van der Waals surface area contributed by atoms with Gasteiger partial charge in [-0.25, -0.2) is 4.98 Å². The predicted octanol–water partition coefficient (Wildman–Crippen LogP) is 1.15. The highest BCUT2D eigenvalue weighted by Crippen LogP contribution is 2.34. The SMILES string of the molecule is O=C([C@H]1CCc2ccccc21)N1CCN(CCn2cncn2)CC1. The maximum atomic E-state index is 12.9. The molecule has 0 bridgehead atoms. The van der Waals surface area contributed by atoms with Crippen LogP contribution in [0.3, 0.4) is 0 Å². The van der Waals surface area contributed by atoms with Crippen LogP contribution in [0, 0.1) is 0 Å². The largest absolute Gasteiger partial charge is 0.340 e. The molecule has 2 heterocycles. The molecular formula is C18H23N5O. The molecule has 1 aromatic heterocycles. The van der Waals surface area contributed by atoms with Crippen molar-refractivity contribution in [1.82, 2.24) is 24.6 Å². The molecule has 0 N–H and O–H groups in total. The summed E-state index contributed by atoms with van der Waals surface area (Å²) in [6, 6.07) is 8.40. The summed E-state index contributed by atoms with van der Waals surface area (Å²) in [5, 5.41) is 4.13. The summed E-state index contributed by atoms with van der Waals surface area (Å²) in [5.74, 6) is 0.388. The monoisotopic (exact) mass is 325 g/mol. The van der Waals surface area contributed by atoms with Gasteiger partial charge in [0.1, 0.15) is 12.7 Å². The highest BCUT2D eigenvalue weighted by atomic mass is 16.2. The van der Waals surface area contributed by atoms with Gasteiger partial charge in [-0.15, -0.1) is 0 Å². The number of hydrogen-bond acceptors (Lipinski definition) is 4. The second-order valence-corrected chi connectivity index (χ2v) is 6.62. The predicted molar refractivity (Wildman–Crippen MR) is 90.5 cm³/mol. The number of rotatable bonds is 4. The molecule has 2 aliphatic rings. The smallest absolute Gasteiger partial charge is 0.230 e. The van der Waals surface area contributed by atoms with Gasteiger partial charge < -0.3 is 4.90 Å². The van der Waals surface area contributed by atoms with E-state index in [1.165, 1.54) is 11.1 Å². The van der Waals surface area contributed by atoms with Gasteiger partial charge in [-0.3, -0.25) is 14.4 Å². The van der Waals surface area contributed by atoms with E-state index >= 15 is 0 Å². The number of nitrogens with zero attached hydrogens (tertiary/aromatic N) is 5. The minimum absolute atomic E-state index is 0.0721. The number of aromatic nitrogens is 3. The zero-order chi connectivity index (χ0) is 16.4. The first kappa shape index (κ1) is 15.3. The van der Waals surface area contributed by atoms with Crippen LogP contribution in [-0.2, 0) is 17.8 Å². The lowest BCUT2D eigenvalue weighted by Crippen LogP contribution is -2.50. The first-order chi connectivity index (χ1) is 11.8. The van der Waals surface area contributed by atoms with E-state index in [2.05, 4.69) is 38.1 Å². The Morgan fingerprint density at radius 2 is 1.96 bits per heavy atom. The molecule has 1 fully saturated rings. The zero-order valence-electron chi connectivity index (χ0n) is 13.8. The number of carbonyl (C=O) groups is 1. The lowest BCUT2D eigenvalue weighted by molar-refractivity contribution is -0.134. The summed E-state index contributed by atoms with van der Waals surface area (Å²) >= 11 is 0. The Kier molecular flexibility index (Phi) is 4.30. The van der Waals surface area contributed by atoms with E-state index in [1.807, 2.05) is 10.7 Å². The molecule has 6 heteroatoms. The number of benzene rings is 1. The Balaban J connectivity index is 1.30. The third kappa shape index (κ3) is 3.06. The van der Waals surface area contributed by atoms with E-state index in [1.54, 1.807) is 12.7 Å². The second-order valence-electron chi connectivity index (χ2n) is 6.62. The Morgan fingerprint density at radius 3 is 2.75 bits per heavy atom. The number of aryl methyl sites for hydroxylation is 1. The van der Waals surface area contributed by atoms with Crippen molar-refractivity contribution in [1.29, 1.82) is 0 Å². The molecule has 0 saturated carbocycles. The van der Waals surface area contributed by atoms with Crippen molar-refractivity contribution in [3.05, 3.63) is 48.0 Å². The average molecular weight is 325 g/mol. The van der Waals surface area contributed by atoms with Gasteiger partial charge in [-0.1, -0.05) is 24.3 Å². The molecule has 1 aliphatic heterocycles. The molecule has 24 heavy (non-hydrogen) atoms. The highest BCUT2D eigenvalue weighted by molar-refractivity contribution is 5.85. The van der Waals surface area contributed by atoms with Crippen LogP contribution < -0.4 is 0 Å². The minimum atomic E-state index is 0.0721. The van der Waals surface area contributed by atoms with Crippen LogP contribution in [0.5, 0.6) is 0 Å². The number of carbonyl (C=O) groups excluding carboxylic acids is 1. The average Bonchev–Trinajstić information content (AvgIpc) is 3.29. The fourth-order valence-corrected chi connectivity index (χ4v) is 3.82. The Morgan fingerprint density at radius 1 is 1.12 bits per heavy atom. The van der Waals surface area contributed by atoms with Crippen LogP contribution in [0.4, 0.5) is 0 Å². The molecule has 1 aromatic carbocycles. The molecule has 126 valence electrons. The van der Waals surface area contributed by atoms with Crippen molar-refractivity contribution in [2.24, 2.45) is 0 Å². The van der Waals surface area contributed by atoms with Crippen LogP contribution in [0.25, 0.3) is 0 Å². The van der Waals surface area contributed by atoms with Gasteiger partial charge in [0, 0.05) is 32.7 Å². The minimum Gasteiger partial charge on any atom is -0.340 e. The summed E-state index contributed by atoms with van der Waals surface area (Å²) < 4.78 is 1.85. The van der Waals surface area contributed by atoms with Crippen molar-refractivity contribution in [2.75, 3.05) is 32.7 Å². The van der Waals surface area contributed by atoms with E-state index in [0.29, 0.717) is 5.91 Å². The maximum absolute atomic E-state index is 12.9. The molecule has 0 spiro atoms. The summed E-state index contributed by atoms with van der Waals surface area (Å²) in [7, 11) is 0. The summed E-state index contributed by atoms with van der Waals surface area (Å²) in [4.78, 5) is 21.3. The quantitative estimate of drug-likeness (QED) is 0.846. The van der Waals surface area contributed by atoms with Crippen molar-refractivity contribution >= 4 is 5.91 Å². The van der Waals surface area contributed by atoms with Gasteiger partial charge in [0.2, 0.25) is 5.91 Å². The number of fused-ring (bicyclic) bond motifs is 1. The third-order valence-electron chi connectivity index (χ3n) is 5.23. The van der Waals surface area contributed by atoms with Gasteiger partial charge in [0.05, 0.1) is 12.5 Å². The van der Waals surface area contributed by atoms with E-state index < -0.39 is 0 Å². The molecule has 1 saturated heterocycles. The Bertz CT molecular complexity index is 691. The summed E-state index contributed by atoms with van der Waals surface area (Å²) in [5.41, 5.74) is 2.60. The van der Waals surface area contributed by atoms with Crippen molar-refractivity contribution in [2.45, 2.75) is 25.3 Å². The first-order valence-corrected chi connectivity index (χ1v) is 8.72. The normalized spacial score (nSPS) is 21.0. The fraction of sp³-hybridized carbons (Fsp3) is 0.500.